The molecule has 0 N–H and O–H groups in total. The molecule has 0 bridgehead atoms. The van der Waals surface area contributed by atoms with Crippen molar-refractivity contribution in [2.24, 2.45) is 5.92 Å². The van der Waals surface area contributed by atoms with Crippen molar-refractivity contribution >= 4 is 12.0 Å². The smallest absolute Gasteiger partial charge is 0.330 e. The Balaban J connectivity index is 2.58. The Bertz CT molecular complexity index is 456. The standard InChI is InChI=1S/C14H15NO2/c1-11(2)10-17-14(16)7-6-12-4-3-5-13(8-12)9-15/h3-8,11H,10H2,1-2H3. The van der Waals surface area contributed by atoms with E-state index in [4.69, 9.17) is 10.00 Å². The van der Waals surface area contributed by atoms with E-state index >= 15 is 0 Å². The van der Waals surface area contributed by atoms with Gasteiger partial charge in [0.05, 0.1) is 18.2 Å². The molecule has 0 amide bonds. The number of hydrogen-bond acceptors (Lipinski definition) is 3. The summed E-state index contributed by atoms with van der Waals surface area (Å²) in [7, 11) is 0. The number of ether oxygens (including phenoxy) is 1. The molecule has 1 aromatic carbocycles. The van der Waals surface area contributed by atoms with Gasteiger partial charge in [0.2, 0.25) is 0 Å². The van der Waals surface area contributed by atoms with Crippen LogP contribution in [0.3, 0.4) is 0 Å². The van der Waals surface area contributed by atoms with Crippen LogP contribution in [0.25, 0.3) is 6.08 Å². The maximum Gasteiger partial charge on any atom is 0.330 e. The van der Waals surface area contributed by atoms with Gasteiger partial charge in [0, 0.05) is 6.08 Å². The summed E-state index contributed by atoms with van der Waals surface area (Å²) in [4.78, 5) is 11.3. The van der Waals surface area contributed by atoms with Gasteiger partial charge >= 0.3 is 5.97 Å². The molecule has 1 aromatic rings. The Morgan fingerprint density at radius 3 is 2.94 bits per heavy atom. The molecule has 0 unspecified atom stereocenters. The lowest BCUT2D eigenvalue weighted by Crippen LogP contribution is -2.06. The second-order valence-corrected chi connectivity index (χ2v) is 4.09. The molecule has 3 heteroatoms. The van der Waals surface area contributed by atoms with Crippen LogP contribution < -0.4 is 0 Å². The highest BCUT2D eigenvalue weighted by Crippen LogP contribution is 2.06. The number of hydrogen-bond donors (Lipinski definition) is 0. The van der Waals surface area contributed by atoms with Gasteiger partial charge in [-0.05, 0) is 29.7 Å². The molecule has 0 saturated carbocycles. The predicted molar refractivity (Wildman–Crippen MR) is 66.0 cm³/mol. The molecule has 0 spiro atoms. The van der Waals surface area contributed by atoms with E-state index in [0.29, 0.717) is 18.1 Å². The number of nitriles is 1. The van der Waals surface area contributed by atoms with Crippen LogP contribution in [0.2, 0.25) is 0 Å². The summed E-state index contributed by atoms with van der Waals surface area (Å²) in [5.41, 5.74) is 1.38. The molecule has 0 aliphatic rings. The van der Waals surface area contributed by atoms with Crippen LogP contribution in [0.5, 0.6) is 0 Å². The number of carbonyl (C=O) groups excluding carboxylic acids is 1. The van der Waals surface area contributed by atoms with E-state index in [1.54, 1.807) is 24.3 Å². The third kappa shape index (κ3) is 4.98. The van der Waals surface area contributed by atoms with Crippen molar-refractivity contribution in [3.63, 3.8) is 0 Å². The van der Waals surface area contributed by atoms with Crippen molar-refractivity contribution in [3.8, 4) is 6.07 Å². The summed E-state index contributed by atoms with van der Waals surface area (Å²) in [5, 5.41) is 8.72. The zero-order valence-electron chi connectivity index (χ0n) is 10.0. The van der Waals surface area contributed by atoms with Gasteiger partial charge in [-0.2, -0.15) is 5.26 Å². The highest BCUT2D eigenvalue weighted by molar-refractivity contribution is 5.87. The van der Waals surface area contributed by atoms with Crippen LogP contribution in [-0.4, -0.2) is 12.6 Å². The first-order valence-corrected chi connectivity index (χ1v) is 5.47. The van der Waals surface area contributed by atoms with Crippen LogP contribution in [0.15, 0.2) is 30.3 Å². The summed E-state index contributed by atoms with van der Waals surface area (Å²) >= 11 is 0. The third-order valence-corrected chi connectivity index (χ3v) is 1.99. The molecule has 0 aliphatic heterocycles. The maximum atomic E-state index is 11.3. The maximum absolute atomic E-state index is 11.3. The zero-order chi connectivity index (χ0) is 12.7. The summed E-state index contributed by atoms with van der Waals surface area (Å²) in [6.45, 7) is 4.38. The molecule has 0 aromatic heterocycles. The number of carbonyl (C=O) groups is 1. The van der Waals surface area contributed by atoms with Crippen LogP contribution in [0.4, 0.5) is 0 Å². The topological polar surface area (TPSA) is 50.1 Å². The summed E-state index contributed by atoms with van der Waals surface area (Å²) in [6.07, 6.45) is 3.02. The number of benzene rings is 1. The van der Waals surface area contributed by atoms with E-state index in [2.05, 4.69) is 0 Å². The largest absolute Gasteiger partial charge is 0.462 e. The Morgan fingerprint density at radius 1 is 1.53 bits per heavy atom. The van der Waals surface area contributed by atoms with Crippen molar-refractivity contribution < 1.29 is 9.53 Å². The van der Waals surface area contributed by atoms with Gasteiger partial charge in [0.15, 0.2) is 0 Å². The quantitative estimate of drug-likeness (QED) is 0.589. The molecule has 1 rings (SSSR count). The van der Waals surface area contributed by atoms with E-state index < -0.39 is 0 Å². The number of esters is 1. The van der Waals surface area contributed by atoms with E-state index in [1.807, 2.05) is 26.0 Å². The molecule has 88 valence electrons. The minimum Gasteiger partial charge on any atom is -0.462 e. The van der Waals surface area contributed by atoms with Gasteiger partial charge in [-0.15, -0.1) is 0 Å². The fraction of sp³-hybridized carbons (Fsp3) is 0.286. The average Bonchev–Trinajstić information content (AvgIpc) is 2.34. The molecular weight excluding hydrogens is 214 g/mol. The first-order chi connectivity index (χ1) is 8.11. The Labute approximate surface area is 101 Å². The van der Waals surface area contributed by atoms with E-state index in [9.17, 15) is 4.79 Å². The first kappa shape index (κ1) is 13.0. The zero-order valence-corrected chi connectivity index (χ0v) is 10.0. The molecule has 0 atom stereocenters. The van der Waals surface area contributed by atoms with Gasteiger partial charge in [0.1, 0.15) is 0 Å². The second-order valence-electron chi connectivity index (χ2n) is 4.09. The fourth-order valence-electron chi connectivity index (χ4n) is 1.17. The summed E-state index contributed by atoms with van der Waals surface area (Å²) < 4.78 is 4.99. The van der Waals surface area contributed by atoms with Crippen LogP contribution >= 0.6 is 0 Å². The van der Waals surface area contributed by atoms with E-state index in [-0.39, 0.29) is 5.97 Å². The van der Waals surface area contributed by atoms with Crippen LogP contribution in [0, 0.1) is 17.2 Å². The van der Waals surface area contributed by atoms with E-state index in [0.717, 1.165) is 5.56 Å². The van der Waals surface area contributed by atoms with Gasteiger partial charge in [-0.1, -0.05) is 26.0 Å². The van der Waals surface area contributed by atoms with Crippen molar-refractivity contribution in [1.82, 2.24) is 0 Å². The highest BCUT2D eigenvalue weighted by Gasteiger charge is 1.99. The first-order valence-electron chi connectivity index (χ1n) is 5.47. The predicted octanol–water partition coefficient (Wildman–Crippen LogP) is 2.77. The lowest BCUT2D eigenvalue weighted by Gasteiger charge is -2.03. The number of rotatable bonds is 4. The van der Waals surface area contributed by atoms with Gasteiger partial charge in [-0.3, -0.25) is 0 Å². The Hall–Kier alpha value is -2.08. The molecule has 0 radical (unpaired) electrons. The van der Waals surface area contributed by atoms with Gasteiger partial charge < -0.3 is 4.74 Å². The minimum absolute atomic E-state index is 0.328. The van der Waals surface area contributed by atoms with Crippen molar-refractivity contribution in [2.45, 2.75) is 13.8 Å². The molecule has 0 aliphatic carbocycles. The van der Waals surface area contributed by atoms with Crippen molar-refractivity contribution in [1.29, 1.82) is 5.26 Å². The second kappa shape index (κ2) is 6.49. The van der Waals surface area contributed by atoms with E-state index in [1.165, 1.54) is 6.08 Å². The fourth-order valence-corrected chi connectivity index (χ4v) is 1.17. The number of nitrogens with zero attached hydrogens (tertiary/aromatic N) is 1. The lowest BCUT2D eigenvalue weighted by atomic mass is 10.1. The third-order valence-electron chi connectivity index (χ3n) is 1.99. The summed E-state index contributed by atoms with van der Waals surface area (Å²) in [6, 6.07) is 9.08. The monoisotopic (exact) mass is 229 g/mol. The average molecular weight is 229 g/mol. The molecular formula is C14H15NO2. The Kier molecular flexibility index (Phi) is 4.96. The SMILES string of the molecule is CC(C)COC(=O)C=Cc1cccc(C#N)c1. The normalized spacial score (nSPS) is 10.5. The Morgan fingerprint density at radius 2 is 2.29 bits per heavy atom. The molecule has 0 saturated heterocycles. The van der Waals surface area contributed by atoms with Crippen LogP contribution in [0.1, 0.15) is 25.0 Å². The lowest BCUT2D eigenvalue weighted by molar-refractivity contribution is -0.138. The van der Waals surface area contributed by atoms with Crippen molar-refractivity contribution in [3.05, 3.63) is 41.5 Å². The minimum atomic E-state index is -0.360. The molecule has 3 nitrogen and oxygen atoms in total. The molecule has 0 fully saturated rings. The molecule has 17 heavy (non-hydrogen) atoms. The molecule has 0 heterocycles. The highest BCUT2D eigenvalue weighted by atomic mass is 16.5. The van der Waals surface area contributed by atoms with Gasteiger partial charge in [-0.25, -0.2) is 4.79 Å². The summed E-state index contributed by atoms with van der Waals surface area (Å²) in [5.74, 6) is -0.0321. The van der Waals surface area contributed by atoms with Crippen molar-refractivity contribution in [2.75, 3.05) is 6.61 Å². The van der Waals surface area contributed by atoms with Gasteiger partial charge in [0.25, 0.3) is 0 Å². The van der Waals surface area contributed by atoms with Crippen LogP contribution in [-0.2, 0) is 9.53 Å².